The number of nitrogens with one attached hydrogen (secondary N) is 1. The van der Waals surface area contributed by atoms with Gasteiger partial charge in [-0.3, -0.25) is 4.79 Å². The van der Waals surface area contributed by atoms with Crippen LogP contribution in [0.15, 0.2) is 29.5 Å². The van der Waals surface area contributed by atoms with E-state index in [1.807, 2.05) is 6.07 Å². The molecule has 0 bridgehead atoms. The van der Waals surface area contributed by atoms with Gasteiger partial charge in [0.05, 0.1) is 36.4 Å². The van der Waals surface area contributed by atoms with Crippen LogP contribution in [0.25, 0.3) is 0 Å². The molecule has 0 aliphatic carbocycles. The van der Waals surface area contributed by atoms with Crippen LogP contribution >= 0.6 is 11.6 Å². The van der Waals surface area contributed by atoms with Crippen molar-refractivity contribution in [3.63, 3.8) is 0 Å². The number of esters is 1. The van der Waals surface area contributed by atoms with Crippen LogP contribution < -0.4 is 5.32 Å². The van der Waals surface area contributed by atoms with Gasteiger partial charge in [0.2, 0.25) is 0 Å². The summed E-state index contributed by atoms with van der Waals surface area (Å²) in [5.41, 5.74) is 1.01. The molecule has 1 aliphatic rings. The maximum Gasteiger partial charge on any atom is 0.337 e. The molecule has 0 radical (unpaired) electrons. The fraction of sp³-hybridized carbons (Fsp3) is 0.267. The van der Waals surface area contributed by atoms with Gasteiger partial charge in [-0.2, -0.15) is 5.26 Å². The van der Waals surface area contributed by atoms with E-state index in [1.54, 1.807) is 6.07 Å². The molecule has 1 aliphatic heterocycles. The highest BCUT2D eigenvalue weighted by molar-refractivity contribution is 6.32. The lowest BCUT2D eigenvalue weighted by Gasteiger charge is -2.15. The molecule has 0 atom stereocenters. The number of nitrogens with zero attached hydrogens (tertiary/aromatic N) is 2. The lowest BCUT2D eigenvalue weighted by molar-refractivity contribution is -0.136. The highest BCUT2D eigenvalue weighted by atomic mass is 35.5. The number of carbonyl (C=O) groups excluding carboxylic acids is 2. The van der Waals surface area contributed by atoms with E-state index in [2.05, 4.69) is 10.1 Å². The van der Waals surface area contributed by atoms with Crippen LogP contribution in [0.3, 0.4) is 0 Å². The first-order valence-corrected chi connectivity index (χ1v) is 7.08. The molecule has 120 valence electrons. The Labute approximate surface area is 137 Å². The van der Waals surface area contributed by atoms with Crippen molar-refractivity contribution in [3.05, 3.63) is 40.1 Å². The van der Waals surface area contributed by atoms with E-state index in [9.17, 15) is 9.59 Å². The Morgan fingerprint density at radius 2 is 2.30 bits per heavy atom. The summed E-state index contributed by atoms with van der Waals surface area (Å²) in [6.07, 6.45) is 0. The van der Waals surface area contributed by atoms with Crippen molar-refractivity contribution in [1.82, 2.24) is 4.90 Å². The number of carbonyl (C=O) groups is 2. The van der Waals surface area contributed by atoms with Crippen LogP contribution in [0, 0.1) is 11.3 Å². The topological polar surface area (TPSA) is 103 Å². The zero-order valence-electron chi connectivity index (χ0n) is 12.3. The molecule has 2 N–H and O–H groups in total. The van der Waals surface area contributed by atoms with E-state index in [4.69, 9.17) is 22.0 Å². The zero-order chi connectivity index (χ0) is 17.0. The molecule has 1 heterocycles. The summed E-state index contributed by atoms with van der Waals surface area (Å²) in [6, 6.07) is 6.51. The minimum Gasteiger partial charge on any atom is -0.466 e. The summed E-state index contributed by atoms with van der Waals surface area (Å²) in [6.45, 7) is -0.0484. The molecular formula is C15H14ClN3O4. The second kappa shape index (κ2) is 7.13. The number of rotatable bonds is 5. The Morgan fingerprint density at radius 3 is 2.87 bits per heavy atom. The van der Waals surface area contributed by atoms with Gasteiger partial charge in [0, 0.05) is 12.2 Å². The maximum atomic E-state index is 12.3. The van der Waals surface area contributed by atoms with Crippen LogP contribution in [-0.4, -0.2) is 48.7 Å². The molecule has 0 unspecified atom stereocenters. The van der Waals surface area contributed by atoms with Crippen molar-refractivity contribution in [3.8, 4) is 6.07 Å². The van der Waals surface area contributed by atoms with Crippen LogP contribution in [0.5, 0.6) is 0 Å². The molecule has 2 rings (SSSR count). The number of β-amino-alcohol motifs (C(OH)–C–C–N with tert-alkyl or cyclic N) is 1. The number of ether oxygens (including phenoxy) is 1. The summed E-state index contributed by atoms with van der Waals surface area (Å²) in [7, 11) is 1.23. The predicted octanol–water partition coefficient (Wildman–Crippen LogP) is 0.885. The van der Waals surface area contributed by atoms with Gasteiger partial charge in [0.25, 0.3) is 5.91 Å². The number of aliphatic hydroxyl groups is 1. The Bertz CT molecular complexity index is 724. The standard InChI is InChI=1S/C15H14ClN3O4/c1-23-15(22)11-8-19(4-5-20)14(21)13(11)18-10-3-2-9(7-17)12(16)6-10/h2-3,6,18,20H,4-5,8H2,1H3. The molecule has 0 fully saturated rings. The molecular weight excluding hydrogens is 322 g/mol. The van der Waals surface area contributed by atoms with Crippen molar-refractivity contribution in [1.29, 1.82) is 5.26 Å². The minimum absolute atomic E-state index is 0.0540. The van der Waals surface area contributed by atoms with Gasteiger partial charge >= 0.3 is 5.97 Å². The van der Waals surface area contributed by atoms with E-state index in [0.717, 1.165) is 0 Å². The maximum absolute atomic E-state index is 12.3. The van der Waals surface area contributed by atoms with Gasteiger partial charge in [0.15, 0.2) is 0 Å². The third-order valence-corrected chi connectivity index (χ3v) is 3.63. The number of methoxy groups -OCH3 is 1. The third-order valence-electron chi connectivity index (χ3n) is 3.31. The smallest absolute Gasteiger partial charge is 0.337 e. The minimum atomic E-state index is -0.624. The lowest BCUT2D eigenvalue weighted by atomic mass is 10.2. The van der Waals surface area contributed by atoms with Gasteiger partial charge in [-0.1, -0.05) is 11.6 Å². The summed E-state index contributed by atoms with van der Waals surface area (Å²) in [5, 5.41) is 20.9. The quantitative estimate of drug-likeness (QED) is 0.774. The van der Waals surface area contributed by atoms with Gasteiger partial charge in [-0.25, -0.2) is 4.79 Å². The molecule has 0 aromatic heterocycles. The molecule has 0 saturated carbocycles. The van der Waals surface area contributed by atoms with E-state index < -0.39 is 11.9 Å². The van der Waals surface area contributed by atoms with Gasteiger partial charge in [-0.15, -0.1) is 0 Å². The second-order valence-corrected chi connectivity index (χ2v) is 5.13. The van der Waals surface area contributed by atoms with E-state index in [-0.39, 0.29) is 36.0 Å². The van der Waals surface area contributed by atoms with Gasteiger partial charge in [-0.05, 0) is 18.2 Å². The molecule has 23 heavy (non-hydrogen) atoms. The van der Waals surface area contributed by atoms with Crippen LogP contribution in [0.1, 0.15) is 5.56 Å². The van der Waals surface area contributed by atoms with Gasteiger partial charge < -0.3 is 20.1 Å². The summed E-state index contributed by atoms with van der Waals surface area (Å²) in [4.78, 5) is 25.5. The molecule has 1 aromatic rings. The first kappa shape index (κ1) is 16.8. The number of aliphatic hydroxyl groups excluding tert-OH is 1. The van der Waals surface area contributed by atoms with E-state index >= 15 is 0 Å². The zero-order valence-corrected chi connectivity index (χ0v) is 13.1. The second-order valence-electron chi connectivity index (χ2n) is 4.73. The summed E-state index contributed by atoms with van der Waals surface area (Å²) >= 11 is 5.96. The average molecular weight is 336 g/mol. The first-order valence-electron chi connectivity index (χ1n) is 6.70. The molecule has 1 aromatic carbocycles. The molecule has 0 saturated heterocycles. The van der Waals surface area contributed by atoms with Crippen LogP contribution in [-0.2, 0) is 14.3 Å². The van der Waals surface area contributed by atoms with Crippen LogP contribution in [0.4, 0.5) is 5.69 Å². The predicted molar refractivity (Wildman–Crippen MR) is 82.5 cm³/mol. The number of benzene rings is 1. The number of hydrogen-bond donors (Lipinski definition) is 2. The Hall–Kier alpha value is -2.56. The van der Waals surface area contributed by atoms with Gasteiger partial charge in [0.1, 0.15) is 11.8 Å². The van der Waals surface area contributed by atoms with Crippen LogP contribution in [0.2, 0.25) is 5.02 Å². The highest BCUT2D eigenvalue weighted by Gasteiger charge is 2.34. The number of halogens is 1. The largest absolute Gasteiger partial charge is 0.466 e. The SMILES string of the molecule is COC(=O)C1=C(Nc2ccc(C#N)c(Cl)c2)C(=O)N(CCO)C1. The number of nitriles is 1. The first-order chi connectivity index (χ1) is 11.0. The Kier molecular flexibility index (Phi) is 5.21. The normalized spacial score (nSPS) is 14.0. The molecule has 8 heteroatoms. The van der Waals surface area contributed by atoms with Crippen molar-refractivity contribution in [2.24, 2.45) is 0 Å². The fourth-order valence-corrected chi connectivity index (χ4v) is 2.40. The third kappa shape index (κ3) is 3.44. The highest BCUT2D eigenvalue weighted by Crippen LogP contribution is 2.25. The summed E-state index contributed by atoms with van der Waals surface area (Å²) < 4.78 is 4.69. The van der Waals surface area contributed by atoms with Crippen molar-refractivity contribution < 1.29 is 19.4 Å². The van der Waals surface area contributed by atoms with Crippen molar-refractivity contribution in [2.45, 2.75) is 0 Å². The van der Waals surface area contributed by atoms with Crippen molar-refractivity contribution in [2.75, 3.05) is 32.1 Å². The summed E-state index contributed by atoms with van der Waals surface area (Å²) in [5.74, 6) is -1.04. The monoisotopic (exact) mass is 335 g/mol. The van der Waals surface area contributed by atoms with E-state index in [0.29, 0.717) is 11.3 Å². The number of anilines is 1. The van der Waals surface area contributed by atoms with E-state index in [1.165, 1.54) is 24.1 Å². The Balaban J connectivity index is 2.33. The average Bonchev–Trinajstić information content (AvgIpc) is 2.84. The number of amides is 1. The molecule has 7 nitrogen and oxygen atoms in total. The molecule has 0 spiro atoms. The Morgan fingerprint density at radius 1 is 1.57 bits per heavy atom. The van der Waals surface area contributed by atoms with Crippen molar-refractivity contribution >= 4 is 29.2 Å². The fourth-order valence-electron chi connectivity index (χ4n) is 2.18. The lowest BCUT2D eigenvalue weighted by Crippen LogP contribution is -2.31. The number of hydrogen-bond acceptors (Lipinski definition) is 6. The molecule has 1 amide bonds.